The van der Waals surface area contributed by atoms with Crippen molar-refractivity contribution in [3.63, 3.8) is 0 Å². The van der Waals surface area contributed by atoms with E-state index in [1.807, 2.05) is 13.8 Å². The third kappa shape index (κ3) is 3.20. The predicted octanol–water partition coefficient (Wildman–Crippen LogP) is 2.81. The predicted molar refractivity (Wildman–Crippen MR) is 58.9 cm³/mol. The summed E-state index contributed by atoms with van der Waals surface area (Å²) in [5, 5.41) is 12.0. The van der Waals surface area contributed by atoms with Gasteiger partial charge in [0.2, 0.25) is 0 Å². The highest BCUT2D eigenvalue weighted by molar-refractivity contribution is 5.72. The first-order chi connectivity index (χ1) is 6.52. The van der Waals surface area contributed by atoms with Crippen molar-refractivity contribution in [2.45, 2.75) is 59.7 Å². The Balaban J connectivity index is 4.92. The van der Waals surface area contributed by atoms with Gasteiger partial charge in [-0.15, -0.1) is 0 Å². The van der Waals surface area contributed by atoms with Crippen LogP contribution in [0.25, 0.3) is 0 Å². The second-order valence-electron chi connectivity index (χ2n) is 5.35. The van der Waals surface area contributed by atoms with E-state index in [1.165, 1.54) is 0 Å². The smallest absolute Gasteiger partial charge is 0.309 e. The van der Waals surface area contributed by atoms with Gasteiger partial charge in [-0.2, -0.15) is 0 Å². The zero-order valence-electron chi connectivity index (χ0n) is 10.9. The Kier molecular flexibility index (Phi) is 4.35. The summed E-state index contributed by atoms with van der Waals surface area (Å²) in [6.07, 6.45) is 0. The maximum absolute atomic E-state index is 12.0. The van der Waals surface area contributed by atoms with Crippen molar-refractivity contribution in [3.8, 4) is 0 Å². The number of carbonyl (C=O) groups excluding carboxylic acids is 1. The molecule has 1 atom stereocenters. The van der Waals surface area contributed by atoms with E-state index in [9.17, 15) is 9.90 Å². The zero-order chi connectivity index (χ0) is 12.4. The first-order valence-corrected chi connectivity index (χ1v) is 5.45. The van der Waals surface area contributed by atoms with Crippen molar-refractivity contribution >= 4 is 5.97 Å². The van der Waals surface area contributed by atoms with Gasteiger partial charge in [-0.3, -0.25) is 4.79 Å². The molecule has 0 rings (SSSR count). The van der Waals surface area contributed by atoms with E-state index < -0.39 is 11.2 Å². The van der Waals surface area contributed by atoms with Gasteiger partial charge < -0.3 is 4.74 Å². The molecule has 1 unspecified atom stereocenters. The van der Waals surface area contributed by atoms with Crippen LogP contribution in [0.5, 0.6) is 0 Å². The molecule has 0 aliphatic rings. The molecule has 0 aromatic rings. The number of rotatable bonds is 4. The Labute approximate surface area is 92.8 Å². The van der Waals surface area contributed by atoms with Crippen LogP contribution in [0.1, 0.15) is 48.5 Å². The van der Waals surface area contributed by atoms with Crippen LogP contribution in [0.2, 0.25) is 0 Å². The molecule has 89 valence electrons. The van der Waals surface area contributed by atoms with Crippen molar-refractivity contribution in [1.82, 2.24) is 0 Å². The van der Waals surface area contributed by atoms with Crippen LogP contribution in [0.15, 0.2) is 0 Å². The lowest BCUT2D eigenvalue weighted by molar-refractivity contribution is -0.213. The van der Waals surface area contributed by atoms with E-state index in [2.05, 4.69) is 0 Å². The van der Waals surface area contributed by atoms with Gasteiger partial charge in [-0.1, -0.05) is 27.7 Å². The van der Waals surface area contributed by atoms with Crippen molar-refractivity contribution in [3.05, 3.63) is 0 Å². The molecule has 0 aromatic carbocycles. The molecule has 0 fully saturated rings. The third-order valence-electron chi connectivity index (χ3n) is 3.08. The van der Waals surface area contributed by atoms with E-state index in [0.717, 1.165) is 0 Å². The minimum atomic E-state index is -1.30. The molecule has 1 radical (unpaired) electrons. The van der Waals surface area contributed by atoms with Crippen molar-refractivity contribution in [1.29, 1.82) is 0 Å². The lowest BCUT2D eigenvalue weighted by Gasteiger charge is -2.41. The summed E-state index contributed by atoms with van der Waals surface area (Å²) in [5.74, 6) is -0.520. The van der Waals surface area contributed by atoms with Gasteiger partial charge in [-0.25, -0.2) is 5.11 Å². The Morgan fingerprint density at radius 3 is 1.67 bits per heavy atom. The number of ether oxygens (including phenoxy) is 1. The standard InChI is InChI=1S/C12H23O3/c1-8(2)10(13)15-12(7,9(3)4)11(5,6)14/h8-9H,1-7H3. The number of hydrogen-bond acceptors (Lipinski definition) is 2. The van der Waals surface area contributed by atoms with Gasteiger partial charge in [-0.05, 0) is 26.7 Å². The maximum atomic E-state index is 12.0. The van der Waals surface area contributed by atoms with Gasteiger partial charge >= 0.3 is 5.97 Å². The molecular formula is C12H23O3. The van der Waals surface area contributed by atoms with Gasteiger partial charge in [0.05, 0.1) is 5.92 Å². The van der Waals surface area contributed by atoms with E-state index in [4.69, 9.17) is 4.74 Å². The molecule has 0 aliphatic carbocycles. The van der Waals surface area contributed by atoms with Crippen molar-refractivity contribution in [2.24, 2.45) is 11.8 Å². The fourth-order valence-electron chi connectivity index (χ4n) is 1.26. The molecule has 0 spiro atoms. The largest absolute Gasteiger partial charge is 0.456 e. The van der Waals surface area contributed by atoms with E-state index in [1.54, 1.807) is 34.6 Å². The summed E-state index contributed by atoms with van der Waals surface area (Å²) in [4.78, 5) is 11.5. The van der Waals surface area contributed by atoms with E-state index in [0.29, 0.717) is 0 Å². The first kappa shape index (κ1) is 14.4. The topological polar surface area (TPSA) is 46.2 Å². The summed E-state index contributed by atoms with van der Waals surface area (Å²) in [5.41, 5.74) is -2.26. The average Bonchev–Trinajstić information content (AvgIpc) is 2.01. The van der Waals surface area contributed by atoms with Crippen LogP contribution in [-0.4, -0.2) is 17.2 Å². The fraction of sp³-hybridized carbons (Fsp3) is 0.917. The molecule has 0 heterocycles. The Bertz CT molecular complexity index is 226. The quantitative estimate of drug-likeness (QED) is 0.677. The van der Waals surface area contributed by atoms with Crippen molar-refractivity contribution in [2.75, 3.05) is 0 Å². The molecule has 3 nitrogen and oxygen atoms in total. The summed E-state index contributed by atoms with van der Waals surface area (Å²) in [6, 6.07) is 0. The van der Waals surface area contributed by atoms with Gasteiger partial charge in [0.25, 0.3) is 0 Å². The second-order valence-corrected chi connectivity index (χ2v) is 5.35. The average molecular weight is 215 g/mol. The number of esters is 1. The summed E-state index contributed by atoms with van der Waals surface area (Å²) in [6.45, 7) is 12.1. The van der Waals surface area contributed by atoms with Crippen LogP contribution < -0.4 is 0 Å². The van der Waals surface area contributed by atoms with Crippen LogP contribution in [-0.2, 0) is 14.6 Å². The highest BCUT2D eigenvalue weighted by Gasteiger charge is 2.47. The highest BCUT2D eigenvalue weighted by atomic mass is 16.6. The lowest BCUT2D eigenvalue weighted by atomic mass is 9.78. The second kappa shape index (κ2) is 4.52. The van der Waals surface area contributed by atoms with Crippen LogP contribution in [0.4, 0.5) is 0 Å². The van der Waals surface area contributed by atoms with Crippen molar-refractivity contribution < 1.29 is 14.6 Å². The molecule has 3 heteroatoms. The lowest BCUT2D eigenvalue weighted by Crippen LogP contribution is -2.54. The van der Waals surface area contributed by atoms with Crippen LogP contribution >= 0.6 is 0 Å². The molecule has 15 heavy (non-hydrogen) atoms. The third-order valence-corrected chi connectivity index (χ3v) is 3.08. The Morgan fingerprint density at radius 2 is 1.47 bits per heavy atom. The Morgan fingerprint density at radius 1 is 1.07 bits per heavy atom. The first-order valence-electron chi connectivity index (χ1n) is 5.45. The summed E-state index contributed by atoms with van der Waals surface area (Å²) in [7, 11) is 0. The molecule has 0 amide bonds. The Hall–Kier alpha value is -0.570. The molecule has 0 saturated heterocycles. The van der Waals surface area contributed by atoms with Crippen LogP contribution in [0, 0.1) is 11.8 Å². The SMILES string of the molecule is CC(C)C(=O)OC(C)(C(C)C)C(C)(C)[O]. The molecular weight excluding hydrogens is 192 g/mol. The normalized spacial score (nSPS) is 16.7. The monoisotopic (exact) mass is 215 g/mol. The molecule has 0 bridgehead atoms. The fourth-order valence-corrected chi connectivity index (χ4v) is 1.26. The number of hydrogen-bond donors (Lipinski definition) is 0. The minimum absolute atomic E-state index is 0.00676. The van der Waals surface area contributed by atoms with E-state index >= 15 is 0 Å². The molecule has 0 saturated carbocycles. The highest BCUT2D eigenvalue weighted by Crippen LogP contribution is 2.34. The van der Waals surface area contributed by atoms with Gasteiger partial charge in [0.1, 0.15) is 11.2 Å². The maximum Gasteiger partial charge on any atom is 0.309 e. The molecule has 0 aliphatic heterocycles. The summed E-state index contributed by atoms with van der Waals surface area (Å²) >= 11 is 0. The zero-order valence-corrected chi connectivity index (χ0v) is 10.9. The number of carbonyl (C=O) groups is 1. The minimum Gasteiger partial charge on any atom is -0.456 e. The molecule has 0 aromatic heterocycles. The summed E-state index contributed by atoms with van der Waals surface area (Å²) < 4.78 is 5.37. The van der Waals surface area contributed by atoms with E-state index in [-0.39, 0.29) is 17.8 Å². The van der Waals surface area contributed by atoms with Crippen LogP contribution in [0.3, 0.4) is 0 Å². The van der Waals surface area contributed by atoms with Gasteiger partial charge in [0.15, 0.2) is 0 Å². The molecule has 0 N–H and O–H groups in total. The van der Waals surface area contributed by atoms with Gasteiger partial charge in [0, 0.05) is 0 Å².